The van der Waals surface area contributed by atoms with Crippen molar-refractivity contribution < 1.29 is 4.79 Å². The lowest BCUT2D eigenvalue weighted by Gasteiger charge is -2.42. The van der Waals surface area contributed by atoms with Crippen LogP contribution in [0.1, 0.15) is 98.5 Å². The Morgan fingerprint density at radius 1 is 0.923 bits per heavy atom. The van der Waals surface area contributed by atoms with Crippen LogP contribution in [-0.2, 0) is 19.4 Å². The Labute approximate surface area is 234 Å². The molecule has 1 aromatic carbocycles. The molecule has 1 amide bonds. The molecule has 0 unspecified atom stereocenters. The summed E-state index contributed by atoms with van der Waals surface area (Å²) < 4.78 is 0. The number of allylic oxidation sites excluding steroid dienone is 2. The average molecular weight is 533 g/mol. The van der Waals surface area contributed by atoms with E-state index in [2.05, 4.69) is 59.1 Å². The van der Waals surface area contributed by atoms with Crippen LogP contribution in [0.25, 0.3) is 0 Å². The smallest absolute Gasteiger partial charge is 0.253 e. The minimum Gasteiger partial charge on any atom is -0.369 e. The zero-order valence-electron chi connectivity index (χ0n) is 24.5. The summed E-state index contributed by atoms with van der Waals surface area (Å²) in [6.45, 7) is 12.3. The van der Waals surface area contributed by atoms with Crippen LogP contribution in [0.15, 0.2) is 41.2 Å². The first-order valence-corrected chi connectivity index (χ1v) is 15.2. The Morgan fingerprint density at radius 2 is 1.64 bits per heavy atom. The van der Waals surface area contributed by atoms with Crippen LogP contribution in [-0.4, -0.2) is 47.5 Å². The molecule has 0 atom stereocenters. The minimum absolute atomic E-state index is 0.107. The number of nitrogens with one attached hydrogen (secondary N) is 2. The number of aromatic amines is 1. The zero-order chi connectivity index (χ0) is 27.8. The Balaban J connectivity index is 1.58. The van der Waals surface area contributed by atoms with Gasteiger partial charge in [0.2, 0.25) is 0 Å². The first-order valence-electron chi connectivity index (χ1n) is 15.2. The highest BCUT2D eigenvalue weighted by Gasteiger charge is 2.30. The van der Waals surface area contributed by atoms with Gasteiger partial charge in [0.25, 0.3) is 11.5 Å². The van der Waals surface area contributed by atoms with Gasteiger partial charge in [-0.15, -0.1) is 0 Å². The van der Waals surface area contributed by atoms with Crippen LogP contribution < -0.4 is 15.8 Å². The molecule has 1 aliphatic carbocycles. The van der Waals surface area contributed by atoms with Gasteiger partial charge in [-0.1, -0.05) is 32.1 Å². The van der Waals surface area contributed by atoms with Gasteiger partial charge in [-0.2, -0.15) is 0 Å². The predicted octanol–water partition coefficient (Wildman–Crippen LogP) is 5.92. The van der Waals surface area contributed by atoms with E-state index in [9.17, 15) is 9.59 Å². The van der Waals surface area contributed by atoms with Gasteiger partial charge in [0.15, 0.2) is 0 Å². The van der Waals surface area contributed by atoms with Gasteiger partial charge in [0, 0.05) is 47.7 Å². The number of nitrogens with zero attached hydrogens (tertiary/aromatic N) is 2. The molecule has 0 radical (unpaired) electrons. The van der Waals surface area contributed by atoms with Gasteiger partial charge >= 0.3 is 0 Å². The maximum absolute atomic E-state index is 13.5. The number of anilines is 1. The van der Waals surface area contributed by atoms with E-state index in [1.54, 1.807) is 0 Å². The largest absolute Gasteiger partial charge is 0.369 e. The standard InChI is InChI=1S/C33H48N4O2/c1-5-20-36(21-6-2)26-16-18-27(19-17-26)37(7-3)31-15-11-14-29-28(31)13-10-8-9-12-25-22-24(4)35-33(39)30(25)23-34-32(29)38/h8,10-11,14-15,22,26-27H,5-7,9,12-13,16-21,23H2,1-4H3,(H,34,38)(H,35,39)/b10-8+. The molecule has 2 aromatic rings. The molecule has 0 bridgehead atoms. The third kappa shape index (κ3) is 7.02. The quantitative estimate of drug-likeness (QED) is 0.414. The van der Waals surface area contributed by atoms with Gasteiger partial charge in [0.05, 0.1) is 0 Å². The predicted molar refractivity (Wildman–Crippen MR) is 162 cm³/mol. The number of fused-ring (bicyclic) bond motifs is 2. The van der Waals surface area contributed by atoms with Crippen molar-refractivity contribution in [2.75, 3.05) is 24.5 Å². The van der Waals surface area contributed by atoms with Gasteiger partial charge in [0.1, 0.15) is 0 Å². The molecular weight excluding hydrogens is 484 g/mol. The van der Waals surface area contributed by atoms with Crippen molar-refractivity contribution in [2.24, 2.45) is 0 Å². The van der Waals surface area contributed by atoms with Gasteiger partial charge < -0.3 is 20.1 Å². The number of benzene rings is 1. The Kier molecular flexibility index (Phi) is 10.4. The first-order chi connectivity index (χ1) is 19.0. The van der Waals surface area contributed by atoms with E-state index in [4.69, 9.17) is 0 Å². The van der Waals surface area contributed by atoms with Crippen molar-refractivity contribution in [1.82, 2.24) is 15.2 Å². The van der Waals surface area contributed by atoms with Crippen LogP contribution in [0, 0.1) is 6.92 Å². The molecule has 2 aliphatic rings. The van der Waals surface area contributed by atoms with Crippen LogP contribution in [0.4, 0.5) is 5.69 Å². The lowest BCUT2D eigenvalue weighted by atomic mass is 9.88. The van der Waals surface area contributed by atoms with E-state index >= 15 is 0 Å². The van der Waals surface area contributed by atoms with Crippen molar-refractivity contribution >= 4 is 11.6 Å². The monoisotopic (exact) mass is 532 g/mol. The van der Waals surface area contributed by atoms with Crippen LogP contribution in [0.3, 0.4) is 0 Å². The molecule has 4 rings (SSSR count). The Hall–Kier alpha value is -2.86. The fraction of sp³-hybridized carbons (Fsp3) is 0.576. The normalized spacial score (nSPS) is 20.8. The number of aryl methyl sites for hydroxylation is 2. The molecule has 1 fully saturated rings. The molecule has 2 heterocycles. The minimum atomic E-state index is -0.110. The zero-order valence-corrected chi connectivity index (χ0v) is 24.5. The van der Waals surface area contributed by atoms with Crippen molar-refractivity contribution in [1.29, 1.82) is 0 Å². The van der Waals surface area contributed by atoms with E-state index in [1.165, 1.54) is 57.3 Å². The van der Waals surface area contributed by atoms with E-state index in [-0.39, 0.29) is 18.0 Å². The topological polar surface area (TPSA) is 68.4 Å². The highest BCUT2D eigenvalue weighted by Crippen LogP contribution is 2.33. The molecule has 6 nitrogen and oxygen atoms in total. The summed E-state index contributed by atoms with van der Waals surface area (Å²) in [4.78, 5) is 34.4. The van der Waals surface area contributed by atoms with E-state index in [0.717, 1.165) is 42.6 Å². The van der Waals surface area contributed by atoms with Crippen molar-refractivity contribution in [3.63, 3.8) is 0 Å². The molecule has 2 N–H and O–H groups in total. The van der Waals surface area contributed by atoms with Crippen LogP contribution >= 0.6 is 0 Å². The summed E-state index contributed by atoms with van der Waals surface area (Å²) >= 11 is 0. The fourth-order valence-electron chi connectivity index (χ4n) is 6.71. The summed E-state index contributed by atoms with van der Waals surface area (Å²) in [5.41, 5.74) is 5.41. The summed E-state index contributed by atoms with van der Waals surface area (Å²) in [6, 6.07) is 9.37. The average Bonchev–Trinajstić information content (AvgIpc) is 2.92. The molecule has 0 saturated heterocycles. The van der Waals surface area contributed by atoms with Crippen LogP contribution in [0.2, 0.25) is 0 Å². The van der Waals surface area contributed by atoms with Crippen LogP contribution in [0.5, 0.6) is 0 Å². The van der Waals surface area contributed by atoms with Gasteiger partial charge in [-0.3, -0.25) is 9.59 Å². The molecular formula is C33H48N4O2. The van der Waals surface area contributed by atoms with Crippen molar-refractivity contribution in [3.8, 4) is 0 Å². The third-order valence-corrected chi connectivity index (χ3v) is 8.55. The second-order valence-corrected chi connectivity index (χ2v) is 11.3. The second-order valence-electron chi connectivity index (χ2n) is 11.3. The van der Waals surface area contributed by atoms with E-state index in [1.807, 2.05) is 25.1 Å². The first kappa shape index (κ1) is 29.1. The summed E-state index contributed by atoms with van der Waals surface area (Å²) in [6.07, 6.45) is 14.1. The number of carbonyl (C=O) groups excluding carboxylic acids is 1. The highest BCUT2D eigenvalue weighted by molar-refractivity contribution is 5.97. The van der Waals surface area contributed by atoms with E-state index < -0.39 is 0 Å². The molecule has 1 aliphatic heterocycles. The molecule has 6 heteroatoms. The number of aromatic nitrogens is 1. The molecule has 39 heavy (non-hydrogen) atoms. The SMILES string of the molecule is CCCN(CCC)C1CCC(N(CC)c2cccc3c2C/C=C/CCc2cc(C)[nH]c(=O)c2CNC3=O)CC1. The number of hydrogen-bond donors (Lipinski definition) is 2. The lowest BCUT2D eigenvalue weighted by Crippen LogP contribution is -2.45. The number of rotatable bonds is 8. The third-order valence-electron chi connectivity index (χ3n) is 8.55. The molecule has 1 saturated carbocycles. The number of hydrogen-bond acceptors (Lipinski definition) is 4. The van der Waals surface area contributed by atoms with Gasteiger partial charge in [-0.05, 0) is 114 Å². The lowest BCUT2D eigenvalue weighted by molar-refractivity contribution is 0.0950. The maximum Gasteiger partial charge on any atom is 0.253 e. The Bertz CT molecular complexity index is 1190. The van der Waals surface area contributed by atoms with Crippen molar-refractivity contribution in [2.45, 2.75) is 104 Å². The molecule has 1 aromatic heterocycles. The van der Waals surface area contributed by atoms with Crippen molar-refractivity contribution in [3.05, 3.63) is 74.7 Å². The summed E-state index contributed by atoms with van der Waals surface area (Å²) in [7, 11) is 0. The Morgan fingerprint density at radius 3 is 2.33 bits per heavy atom. The number of amides is 1. The van der Waals surface area contributed by atoms with E-state index in [0.29, 0.717) is 23.2 Å². The van der Waals surface area contributed by atoms with Gasteiger partial charge in [-0.25, -0.2) is 0 Å². The molecule has 0 spiro atoms. The molecule has 212 valence electrons. The fourth-order valence-corrected chi connectivity index (χ4v) is 6.71. The second kappa shape index (κ2) is 14.0. The maximum atomic E-state index is 13.5. The summed E-state index contributed by atoms with van der Waals surface area (Å²) in [5.74, 6) is -0.110. The number of carbonyl (C=O) groups is 1. The number of pyridine rings is 1. The highest BCUT2D eigenvalue weighted by atomic mass is 16.1. The number of H-pyrrole nitrogens is 1. The summed E-state index contributed by atoms with van der Waals surface area (Å²) in [5, 5.41) is 3.07.